The zero-order valence-electron chi connectivity index (χ0n) is 10.7. The highest BCUT2D eigenvalue weighted by Gasteiger charge is 2.20. The lowest BCUT2D eigenvalue weighted by molar-refractivity contribution is 0.0691. The summed E-state index contributed by atoms with van der Waals surface area (Å²) in [6, 6.07) is 4.30. The van der Waals surface area contributed by atoms with Crippen molar-refractivity contribution < 1.29 is 19.0 Å². The van der Waals surface area contributed by atoms with E-state index >= 15 is 0 Å². The zero-order chi connectivity index (χ0) is 15.7. The van der Waals surface area contributed by atoms with Crippen LogP contribution in [0.5, 0.6) is 5.75 Å². The second-order valence-corrected chi connectivity index (χ2v) is 5.24. The molecule has 2 aromatic rings. The Hall–Kier alpha value is -1.86. The molecule has 1 aromatic carbocycles. The number of anilines is 1. The number of carboxylic acid groups (broad SMARTS) is 1. The fraction of sp³-hybridized carbons (Fsp3) is 0.0769. The fourth-order valence-electron chi connectivity index (χ4n) is 1.75. The first-order chi connectivity index (χ1) is 9.86. The summed E-state index contributed by atoms with van der Waals surface area (Å²) in [4.78, 5) is 14.9. The zero-order valence-corrected chi connectivity index (χ0v) is 13.0. The number of carboxylic acids is 1. The Bertz CT molecular complexity index is 740. The van der Waals surface area contributed by atoms with E-state index in [-0.39, 0.29) is 27.7 Å². The van der Waals surface area contributed by atoms with Crippen LogP contribution in [0.2, 0.25) is 5.02 Å². The number of methoxy groups -OCH3 is 1. The van der Waals surface area contributed by atoms with Gasteiger partial charge in [-0.15, -0.1) is 0 Å². The Balaban J connectivity index is 2.71. The minimum absolute atomic E-state index is 0.000326. The Morgan fingerprint density at radius 3 is 2.76 bits per heavy atom. The third kappa shape index (κ3) is 2.79. The summed E-state index contributed by atoms with van der Waals surface area (Å²) in [6.07, 6.45) is 0. The number of nitrogens with two attached hydrogens (primary N) is 1. The van der Waals surface area contributed by atoms with Gasteiger partial charge in [-0.25, -0.2) is 14.2 Å². The molecule has 0 fully saturated rings. The van der Waals surface area contributed by atoms with Gasteiger partial charge in [-0.2, -0.15) is 0 Å². The Morgan fingerprint density at radius 1 is 1.52 bits per heavy atom. The highest BCUT2D eigenvalue weighted by molar-refractivity contribution is 9.10. The average molecular weight is 376 g/mol. The summed E-state index contributed by atoms with van der Waals surface area (Å²) in [5.41, 5.74) is 5.32. The molecule has 0 atom stereocenters. The largest absolute Gasteiger partial charge is 0.492 e. The third-order valence-corrected chi connectivity index (χ3v) is 3.74. The van der Waals surface area contributed by atoms with Gasteiger partial charge in [-0.05, 0) is 34.1 Å². The van der Waals surface area contributed by atoms with E-state index in [0.717, 1.165) is 0 Å². The number of pyridine rings is 1. The Morgan fingerprint density at radius 2 is 2.19 bits per heavy atom. The molecule has 0 aliphatic rings. The van der Waals surface area contributed by atoms with Gasteiger partial charge in [0, 0.05) is 5.56 Å². The monoisotopic (exact) mass is 374 g/mol. The van der Waals surface area contributed by atoms with Crippen molar-refractivity contribution in [1.82, 2.24) is 4.98 Å². The number of carbonyl (C=O) groups is 1. The van der Waals surface area contributed by atoms with Crippen molar-refractivity contribution in [2.75, 3.05) is 12.8 Å². The van der Waals surface area contributed by atoms with Crippen LogP contribution in [0, 0.1) is 5.82 Å². The van der Waals surface area contributed by atoms with Crippen molar-refractivity contribution in [3.8, 4) is 17.0 Å². The van der Waals surface area contributed by atoms with Gasteiger partial charge < -0.3 is 15.6 Å². The van der Waals surface area contributed by atoms with Crippen LogP contribution in [0.3, 0.4) is 0 Å². The molecule has 3 N–H and O–H groups in total. The van der Waals surface area contributed by atoms with Gasteiger partial charge in [-0.1, -0.05) is 11.6 Å². The molecule has 0 saturated heterocycles. The molecular formula is C13H9BrClFN2O3. The van der Waals surface area contributed by atoms with Crippen LogP contribution < -0.4 is 10.5 Å². The lowest BCUT2D eigenvalue weighted by atomic mass is 10.1. The molecule has 1 heterocycles. The number of aromatic carboxylic acids is 1. The first kappa shape index (κ1) is 15.5. The Labute approximate surface area is 132 Å². The topological polar surface area (TPSA) is 85.4 Å². The van der Waals surface area contributed by atoms with E-state index in [0.29, 0.717) is 4.47 Å². The summed E-state index contributed by atoms with van der Waals surface area (Å²) in [5.74, 6) is -2.05. The van der Waals surface area contributed by atoms with Crippen molar-refractivity contribution in [1.29, 1.82) is 0 Å². The summed E-state index contributed by atoms with van der Waals surface area (Å²) >= 11 is 8.93. The molecule has 0 amide bonds. The molecule has 21 heavy (non-hydrogen) atoms. The summed E-state index contributed by atoms with van der Waals surface area (Å²) in [7, 11) is 1.32. The van der Waals surface area contributed by atoms with E-state index in [2.05, 4.69) is 20.9 Å². The molecule has 5 nitrogen and oxygen atoms in total. The maximum Gasteiger partial charge on any atom is 0.356 e. The van der Waals surface area contributed by atoms with Gasteiger partial charge in [0.15, 0.2) is 17.3 Å². The van der Waals surface area contributed by atoms with Crippen LogP contribution >= 0.6 is 27.5 Å². The van der Waals surface area contributed by atoms with Crippen LogP contribution in [0.1, 0.15) is 10.5 Å². The van der Waals surface area contributed by atoms with Gasteiger partial charge in [-0.3, -0.25) is 0 Å². The van der Waals surface area contributed by atoms with E-state index in [4.69, 9.17) is 27.2 Å². The number of nitrogen functional groups attached to an aromatic ring is 1. The van der Waals surface area contributed by atoms with Crippen LogP contribution in [0.15, 0.2) is 22.7 Å². The molecule has 0 bridgehead atoms. The van der Waals surface area contributed by atoms with E-state index < -0.39 is 17.5 Å². The quantitative estimate of drug-likeness (QED) is 0.856. The van der Waals surface area contributed by atoms with E-state index in [1.165, 1.54) is 19.2 Å². The van der Waals surface area contributed by atoms with E-state index in [1.54, 1.807) is 6.07 Å². The molecule has 0 aliphatic carbocycles. The van der Waals surface area contributed by atoms with Crippen LogP contribution in [-0.2, 0) is 0 Å². The van der Waals surface area contributed by atoms with Crippen LogP contribution in [0.25, 0.3) is 11.3 Å². The van der Waals surface area contributed by atoms with Crippen molar-refractivity contribution in [3.63, 3.8) is 0 Å². The standard InChI is InChI=1S/C13H9BrClFN2O3/c1-21-12-6(14)3-2-5(10(12)16)8-4-7(17)9(15)11(18-8)13(19)20/h2-4H,1H3,(H2,17,18)(H,19,20). The summed E-state index contributed by atoms with van der Waals surface area (Å²) in [5, 5.41) is 8.86. The molecule has 0 spiro atoms. The molecule has 1 aromatic heterocycles. The number of hydrogen-bond donors (Lipinski definition) is 2. The molecular weight excluding hydrogens is 367 g/mol. The second-order valence-electron chi connectivity index (χ2n) is 4.01. The summed E-state index contributed by atoms with van der Waals surface area (Å²) < 4.78 is 19.7. The maximum absolute atomic E-state index is 14.4. The highest BCUT2D eigenvalue weighted by Crippen LogP contribution is 2.36. The fourth-order valence-corrected chi connectivity index (χ4v) is 2.39. The van der Waals surface area contributed by atoms with Crippen molar-refractivity contribution in [2.45, 2.75) is 0 Å². The predicted molar refractivity (Wildman–Crippen MR) is 80.3 cm³/mol. The predicted octanol–water partition coefficient (Wildman–Crippen LogP) is 3.59. The minimum Gasteiger partial charge on any atom is -0.492 e. The van der Waals surface area contributed by atoms with Gasteiger partial charge in [0.05, 0.1) is 28.0 Å². The number of aromatic nitrogens is 1. The smallest absolute Gasteiger partial charge is 0.356 e. The number of nitrogens with zero attached hydrogens (tertiary/aromatic N) is 1. The number of halogens is 3. The van der Waals surface area contributed by atoms with Crippen molar-refractivity contribution in [2.24, 2.45) is 0 Å². The normalized spacial score (nSPS) is 10.5. The Kier molecular flexibility index (Phi) is 4.34. The van der Waals surface area contributed by atoms with E-state index in [9.17, 15) is 9.18 Å². The average Bonchev–Trinajstić information content (AvgIpc) is 2.42. The molecule has 0 aliphatic heterocycles. The van der Waals surface area contributed by atoms with Gasteiger partial charge >= 0.3 is 5.97 Å². The molecule has 0 saturated carbocycles. The molecule has 110 valence electrons. The van der Waals surface area contributed by atoms with Gasteiger partial charge in [0.1, 0.15) is 0 Å². The SMILES string of the molecule is COc1c(Br)ccc(-c2cc(N)c(Cl)c(C(=O)O)n2)c1F. The lowest BCUT2D eigenvalue weighted by Gasteiger charge is -2.11. The first-order valence-corrected chi connectivity index (χ1v) is 6.75. The maximum atomic E-state index is 14.4. The first-order valence-electron chi connectivity index (χ1n) is 5.58. The molecule has 2 rings (SSSR count). The van der Waals surface area contributed by atoms with Crippen LogP contribution in [0.4, 0.5) is 10.1 Å². The molecule has 0 unspecified atom stereocenters. The number of benzene rings is 1. The van der Waals surface area contributed by atoms with Gasteiger partial charge in [0.2, 0.25) is 0 Å². The second kappa shape index (κ2) is 5.87. The minimum atomic E-state index is -1.35. The number of rotatable bonds is 3. The van der Waals surface area contributed by atoms with Crippen molar-refractivity contribution in [3.05, 3.63) is 39.2 Å². The van der Waals surface area contributed by atoms with Crippen molar-refractivity contribution >= 4 is 39.2 Å². The molecule has 0 radical (unpaired) electrons. The summed E-state index contributed by atoms with van der Waals surface area (Å²) in [6.45, 7) is 0. The highest BCUT2D eigenvalue weighted by atomic mass is 79.9. The number of ether oxygens (including phenoxy) is 1. The lowest BCUT2D eigenvalue weighted by Crippen LogP contribution is -2.06. The number of hydrogen-bond acceptors (Lipinski definition) is 4. The third-order valence-electron chi connectivity index (χ3n) is 2.72. The molecule has 8 heteroatoms. The van der Waals surface area contributed by atoms with E-state index in [1.807, 2.05) is 0 Å². The van der Waals surface area contributed by atoms with Gasteiger partial charge in [0.25, 0.3) is 0 Å². The van der Waals surface area contributed by atoms with Crippen LogP contribution in [-0.4, -0.2) is 23.2 Å².